The zero-order valence-corrected chi connectivity index (χ0v) is 9.54. The van der Waals surface area contributed by atoms with Gasteiger partial charge in [0, 0.05) is 24.4 Å². The SMILES string of the molecule is C#CC1CC12CN(C(=O)OC(C)(C)C)C2. The lowest BCUT2D eigenvalue weighted by atomic mass is 9.94. The molecule has 0 aromatic carbocycles. The van der Waals surface area contributed by atoms with Gasteiger partial charge >= 0.3 is 6.09 Å². The molecule has 1 spiro atoms. The van der Waals surface area contributed by atoms with Crippen molar-refractivity contribution in [1.82, 2.24) is 4.90 Å². The Hall–Kier alpha value is -1.17. The zero-order chi connectivity index (χ0) is 11.3. The van der Waals surface area contributed by atoms with Gasteiger partial charge in [-0.05, 0) is 27.2 Å². The van der Waals surface area contributed by atoms with Crippen molar-refractivity contribution < 1.29 is 9.53 Å². The molecule has 0 bridgehead atoms. The average Bonchev–Trinajstić information content (AvgIpc) is 2.71. The van der Waals surface area contributed by atoms with Gasteiger partial charge in [0.25, 0.3) is 0 Å². The first-order valence-corrected chi connectivity index (χ1v) is 5.30. The third-order valence-electron chi connectivity index (χ3n) is 3.05. The zero-order valence-electron chi connectivity index (χ0n) is 9.54. The Bertz CT molecular complexity index is 329. The van der Waals surface area contributed by atoms with Crippen LogP contribution in [0.15, 0.2) is 0 Å². The topological polar surface area (TPSA) is 29.5 Å². The summed E-state index contributed by atoms with van der Waals surface area (Å²) in [6.45, 7) is 7.18. The number of terminal acetylenes is 1. The van der Waals surface area contributed by atoms with E-state index < -0.39 is 5.60 Å². The fourth-order valence-electron chi connectivity index (χ4n) is 2.10. The van der Waals surface area contributed by atoms with Gasteiger partial charge < -0.3 is 9.64 Å². The number of hydrogen-bond acceptors (Lipinski definition) is 2. The molecule has 3 nitrogen and oxygen atoms in total. The van der Waals surface area contributed by atoms with Gasteiger partial charge in [0.1, 0.15) is 5.60 Å². The summed E-state index contributed by atoms with van der Waals surface area (Å²) in [5.41, 5.74) is -0.152. The number of nitrogens with zero attached hydrogens (tertiary/aromatic N) is 1. The fraction of sp³-hybridized carbons (Fsp3) is 0.750. The summed E-state index contributed by atoms with van der Waals surface area (Å²) in [6.07, 6.45) is 6.22. The quantitative estimate of drug-likeness (QED) is 0.567. The van der Waals surface area contributed by atoms with Gasteiger partial charge in [-0.25, -0.2) is 4.79 Å². The first-order chi connectivity index (χ1) is 6.86. The number of ether oxygens (including phenoxy) is 1. The van der Waals surface area contributed by atoms with E-state index >= 15 is 0 Å². The summed E-state index contributed by atoms with van der Waals surface area (Å²) >= 11 is 0. The smallest absolute Gasteiger partial charge is 0.410 e. The lowest BCUT2D eigenvalue weighted by Crippen LogP contribution is -2.53. The van der Waals surface area contributed by atoms with E-state index in [-0.39, 0.29) is 11.5 Å². The average molecular weight is 207 g/mol. The molecule has 1 aliphatic heterocycles. The van der Waals surface area contributed by atoms with Gasteiger partial charge in [-0.1, -0.05) is 0 Å². The van der Waals surface area contributed by atoms with Crippen LogP contribution >= 0.6 is 0 Å². The Labute approximate surface area is 90.8 Å². The van der Waals surface area contributed by atoms with Crippen molar-refractivity contribution in [1.29, 1.82) is 0 Å². The van der Waals surface area contributed by atoms with Gasteiger partial charge in [-0.15, -0.1) is 12.3 Å². The third kappa shape index (κ3) is 1.81. The summed E-state index contributed by atoms with van der Waals surface area (Å²) in [7, 11) is 0. The molecule has 1 saturated carbocycles. The van der Waals surface area contributed by atoms with Crippen LogP contribution in [0.1, 0.15) is 27.2 Å². The Morgan fingerprint density at radius 1 is 1.53 bits per heavy atom. The van der Waals surface area contributed by atoms with E-state index in [1.807, 2.05) is 20.8 Å². The molecule has 1 amide bonds. The number of hydrogen-bond donors (Lipinski definition) is 0. The molecular weight excluding hydrogens is 190 g/mol. The van der Waals surface area contributed by atoms with Gasteiger partial charge in [0.05, 0.1) is 0 Å². The van der Waals surface area contributed by atoms with E-state index in [0.29, 0.717) is 5.92 Å². The van der Waals surface area contributed by atoms with E-state index in [1.165, 1.54) is 0 Å². The normalized spacial score (nSPS) is 26.8. The minimum absolute atomic E-state index is 0.212. The Kier molecular flexibility index (Phi) is 2.01. The van der Waals surface area contributed by atoms with Crippen LogP contribution in [0, 0.1) is 23.7 Å². The molecule has 0 N–H and O–H groups in total. The highest BCUT2D eigenvalue weighted by atomic mass is 16.6. The van der Waals surface area contributed by atoms with E-state index in [9.17, 15) is 4.79 Å². The van der Waals surface area contributed by atoms with Gasteiger partial charge in [0.15, 0.2) is 0 Å². The lowest BCUT2D eigenvalue weighted by molar-refractivity contribution is -0.00775. The van der Waals surface area contributed by atoms with Crippen LogP contribution in [0.5, 0.6) is 0 Å². The molecule has 1 atom stereocenters. The Balaban J connectivity index is 1.81. The fourth-order valence-corrected chi connectivity index (χ4v) is 2.10. The highest BCUT2D eigenvalue weighted by Gasteiger charge is 2.62. The van der Waals surface area contributed by atoms with Crippen molar-refractivity contribution in [3.05, 3.63) is 0 Å². The van der Waals surface area contributed by atoms with Gasteiger partial charge in [0.2, 0.25) is 0 Å². The lowest BCUT2D eigenvalue weighted by Gasteiger charge is -2.40. The number of likely N-dealkylation sites (tertiary alicyclic amines) is 1. The monoisotopic (exact) mass is 207 g/mol. The minimum atomic E-state index is -0.408. The number of carbonyl (C=O) groups is 1. The van der Waals surface area contributed by atoms with Crippen molar-refractivity contribution in [2.24, 2.45) is 11.3 Å². The van der Waals surface area contributed by atoms with Crippen LogP contribution in [0.4, 0.5) is 4.79 Å². The number of carbonyl (C=O) groups excluding carboxylic acids is 1. The molecular formula is C12H17NO2. The Morgan fingerprint density at radius 3 is 2.53 bits per heavy atom. The molecule has 1 saturated heterocycles. The Morgan fingerprint density at radius 2 is 2.13 bits per heavy atom. The predicted octanol–water partition coefficient (Wildman–Crippen LogP) is 1.88. The molecule has 0 radical (unpaired) electrons. The summed E-state index contributed by atoms with van der Waals surface area (Å²) < 4.78 is 5.27. The summed E-state index contributed by atoms with van der Waals surface area (Å²) in [5.74, 6) is 3.15. The molecule has 1 aliphatic carbocycles. The van der Waals surface area contributed by atoms with Crippen molar-refractivity contribution in [2.75, 3.05) is 13.1 Å². The maximum atomic E-state index is 11.6. The largest absolute Gasteiger partial charge is 0.444 e. The molecule has 2 aliphatic rings. The highest BCUT2D eigenvalue weighted by Crippen LogP contribution is 2.58. The van der Waals surface area contributed by atoms with Crippen molar-refractivity contribution in [3.8, 4) is 12.3 Å². The highest BCUT2D eigenvalue weighted by molar-refractivity contribution is 5.70. The molecule has 1 heterocycles. The molecule has 15 heavy (non-hydrogen) atoms. The standard InChI is InChI=1S/C12H17NO2/c1-5-9-6-12(9)7-13(8-12)10(14)15-11(2,3)4/h1,9H,6-8H2,2-4H3. The van der Waals surface area contributed by atoms with E-state index in [1.54, 1.807) is 4.90 Å². The number of rotatable bonds is 0. The second kappa shape index (κ2) is 2.91. The van der Waals surface area contributed by atoms with Crippen molar-refractivity contribution in [3.63, 3.8) is 0 Å². The molecule has 2 fully saturated rings. The minimum Gasteiger partial charge on any atom is -0.444 e. The van der Waals surface area contributed by atoms with E-state index in [0.717, 1.165) is 19.5 Å². The molecule has 82 valence electrons. The predicted molar refractivity (Wildman–Crippen MR) is 57.2 cm³/mol. The van der Waals surface area contributed by atoms with E-state index in [4.69, 9.17) is 11.2 Å². The van der Waals surface area contributed by atoms with Crippen molar-refractivity contribution >= 4 is 6.09 Å². The van der Waals surface area contributed by atoms with Crippen LogP contribution in [0.2, 0.25) is 0 Å². The number of amides is 1. The van der Waals surface area contributed by atoms with Gasteiger partial charge in [-0.3, -0.25) is 0 Å². The second-order valence-corrected chi connectivity index (χ2v) is 5.62. The third-order valence-corrected chi connectivity index (χ3v) is 3.05. The van der Waals surface area contributed by atoms with Crippen LogP contribution in [-0.2, 0) is 4.74 Å². The molecule has 0 aromatic heterocycles. The second-order valence-electron chi connectivity index (χ2n) is 5.62. The first-order valence-electron chi connectivity index (χ1n) is 5.30. The van der Waals surface area contributed by atoms with Crippen LogP contribution < -0.4 is 0 Å². The molecule has 3 heteroatoms. The maximum Gasteiger partial charge on any atom is 0.410 e. The van der Waals surface area contributed by atoms with Crippen LogP contribution in [0.3, 0.4) is 0 Å². The summed E-state index contributed by atoms with van der Waals surface area (Å²) in [5, 5.41) is 0. The molecule has 0 aromatic rings. The van der Waals surface area contributed by atoms with E-state index in [2.05, 4.69) is 5.92 Å². The first kappa shape index (κ1) is 10.4. The van der Waals surface area contributed by atoms with Crippen LogP contribution in [-0.4, -0.2) is 29.7 Å². The summed E-state index contributed by atoms with van der Waals surface area (Å²) in [6, 6.07) is 0. The van der Waals surface area contributed by atoms with Crippen LogP contribution in [0.25, 0.3) is 0 Å². The van der Waals surface area contributed by atoms with Gasteiger partial charge in [-0.2, -0.15) is 0 Å². The molecule has 2 rings (SSSR count). The summed E-state index contributed by atoms with van der Waals surface area (Å²) in [4.78, 5) is 13.3. The molecule has 1 unspecified atom stereocenters. The maximum absolute atomic E-state index is 11.6. The van der Waals surface area contributed by atoms with Crippen molar-refractivity contribution in [2.45, 2.75) is 32.8 Å².